The monoisotopic (exact) mass is 416 g/mol. The van der Waals surface area contributed by atoms with Crippen LogP contribution in [0.1, 0.15) is 47.9 Å². The summed E-state index contributed by atoms with van der Waals surface area (Å²) >= 11 is 0. The Kier molecular flexibility index (Phi) is 5.63. The molecular formula is C25H21F5. The molecule has 0 radical (unpaired) electrons. The van der Waals surface area contributed by atoms with Gasteiger partial charge in [-0.05, 0) is 78.6 Å². The third-order valence-corrected chi connectivity index (χ3v) is 5.85. The van der Waals surface area contributed by atoms with Gasteiger partial charge in [-0.3, -0.25) is 0 Å². The van der Waals surface area contributed by atoms with Crippen molar-refractivity contribution in [3.8, 4) is 11.1 Å². The molecule has 0 fully saturated rings. The van der Waals surface area contributed by atoms with Crippen molar-refractivity contribution in [1.82, 2.24) is 0 Å². The Hall–Kier alpha value is -2.69. The molecule has 0 saturated carbocycles. The average molecular weight is 416 g/mol. The molecule has 4 rings (SSSR count). The molecule has 0 amide bonds. The maximum absolute atomic E-state index is 14.8. The van der Waals surface area contributed by atoms with E-state index in [0.717, 1.165) is 18.1 Å². The highest BCUT2D eigenvalue weighted by Crippen LogP contribution is 2.38. The van der Waals surface area contributed by atoms with Crippen LogP contribution >= 0.6 is 0 Å². The molecule has 1 aliphatic rings. The first kappa shape index (κ1) is 20.6. The minimum Gasteiger partial charge on any atom is -0.207 e. The first-order valence-electron chi connectivity index (χ1n) is 10.1. The molecule has 0 bridgehead atoms. The van der Waals surface area contributed by atoms with Gasteiger partial charge in [0.25, 0.3) is 0 Å². The summed E-state index contributed by atoms with van der Waals surface area (Å²) in [4.78, 5) is 0. The molecule has 1 aliphatic carbocycles. The number of benzene rings is 3. The Morgan fingerprint density at radius 2 is 1.53 bits per heavy atom. The fourth-order valence-electron chi connectivity index (χ4n) is 4.40. The second-order valence-electron chi connectivity index (χ2n) is 7.87. The van der Waals surface area contributed by atoms with E-state index in [0.29, 0.717) is 36.8 Å². The predicted octanol–water partition coefficient (Wildman–Crippen LogP) is 7.27. The van der Waals surface area contributed by atoms with Crippen LogP contribution in [0.3, 0.4) is 0 Å². The molecule has 0 heterocycles. The highest BCUT2D eigenvalue weighted by atomic mass is 19.2. The lowest BCUT2D eigenvalue weighted by molar-refractivity contribution is 0.488. The fourth-order valence-corrected chi connectivity index (χ4v) is 4.40. The molecule has 1 unspecified atom stereocenters. The van der Waals surface area contributed by atoms with E-state index in [1.165, 1.54) is 36.4 Å². The van der Waals surface area contributed by atoms with E-state index in [9.17, 15) is 22.0 Å². The molecule has 0 N–H and O–H groups in total. The van der Waals surface area contributed by atoms with Crippen LogP contribution in [0.2, 0.25) is 0 Å². The molecule has 0 spiro atoms. The highest BCUT2D eigenvalue weighted by molar-refractivity contribution is 5.67. The van der Waals surface area contributed by atoms with Crippen molar-refractivity contribution in [2.75, 3.05) is 0 Å². The molecule has 1 atom stereocenters. The van der Waals surface area contributed by atoms with Crippen LogP contribution in [0.5, 0.6) is 0 Å². The maximum atomic E-state index is 14.8. The number of hydrogen-bond donors (Lipinski definition) is 0. The fraction of sp³-hybridized carbons (Fsp3) is 0.280. The highest BCUT2D eigenvalue weighted by Gasteiger charge is 2.27. The van der Waals surface area contributed by atoms with Crippen LogP contribution < -0.4 is 0 Å². The SMILES string of the molecule is CCCc1cc(F)c(C2CCc3cc(-c4cccc(F)c4F)c(F)cc3C2)c(F)c1. The van der Waals surface area contributed by atoms with Crippen molar-refractivity contribution in [3.05, 3.63) is 93.8 Å². The van der Waals surface area contributed by atoms with Crippen molar-refractivity contribution in [3.63, 3.8) is 0 Å². The van der Waals surface area contributed by atoms with Crippen molar-refractivity contribution in [2.45, 2.75) is 44.9 Å². The third-order valence-electron chi connectivity index (χ3n) is 5.85. The minimum absolute atomic E-state index is 0.00882. The van der Waals surface area contributed by atoms with E-state index in [2.05, 4.69) is 0 Å². The normalized spacial score (nSPS) is 15.9. The quantitative estimate of drug-likeness (QED) is 0.392. The van der Waals surface area contributed by atoms with Gasteiger partial charge in [0.1, 0.15) is 17.5 Å². The van der Waals surface area contributed by atoms with Crippen LogP contribution in [0.15, 0.2) is 42.5 Å². The Bertz CT molecular complexity index is 1080. The summed E-state index contributed by atoms with van der Waals surface area (Å²) in [6, 6.07) is 9.21. The molecule has 3 aromatic rings. The van der Waals surface area contributed by atoms with E-state index >= 15 is 0 Å². The molecule has 3 aromatic carbocycles. The summed E-state index contributed by atoms with van der Waals surface area (Å²) in [6.45, 7) is 1.94. The van der Waals surface area contributed by atoms with Crippen LogP contribution in [0.25, 0.3) is 11.1 Å². The molecule has 0 saturated heterocycles. The van der Waals surface area contributed by atoms with Gasteiger partial charge in [-0.1, -0.05) is 25.5 Å². The van der Waals surface area contributed by atoms with Gasteiger partial charge in [0, 0.05) is 16.7 Å². The first-order valence-corrected chi connectivity index (χ1v) is 10.1. The number of hydrogen-bond acceptors (Lipinski definition) is 0. The summed E-state index contributed by atoms with van der Waals surface area (Å²) in [7, 11) is 0. The second-order valence-corrected chi connectivity index (χ2v) is 7.87. The summed E-state index contributed by atoms with van der Waals surface area (Å²) in [5.41, 5.74) is 1.95. The van der Waals surface area contributed by atoms with E-state index in [-0.39, 0.29) is 16.7 Å². The Balaban J connectivity index is 1.68. The average Bonchev–Trinajstić information content (AvgIpc) is 2.69. The van der Waals surface area contributed by atoms with Gasteiger partial charge in [-0.15, -0.1) is 0 Å². The standard InChI is InChI=1S/C25H21F5/c1-2-4-14-9-22(28)24(23(29)10-14)16-8-7-15-12-19(21(27)13-17(15)11-16)18-5-3-6-20(26)25(18)30/h3,5-6,9-10,12-13,16H,2,4,7-8,11H2,1H3. The van der Waals surface area contributed by atoms with Crippen LogP contribution in [0, 0.1) is 29.1 Å². The number of fused-ring (bicyclic) bond motifs is 1. The van der Waals surface area contributed by atoms with Crippen LogP contribution in [-0.2, 0) is 19.3 Å². The molecule has 5 heteroatoms. The van der Waals surface area contributed by atoms with E-state index < -0.39 is 35.0 Å². The van der Waals surface area contributed by atoms with Gasteiger partial charge in [-0.2, -0.15) is 0 Å². The third kappa shape index (κ3) is 3.73. The van der Waals surface area contributed by atoms with Crippen LogP contribution in [0.4, 0.5) is 22.0 Å². The van der Waals surface area contributed by atoms with Gasteiger partial charge in [0.2, 0.25) is 0 Å². The number of rotatable bonds is 4. The van der Waals surface area contributed by atoms with Crippen molar-refractivity contribution in [2.24, 2.45) is 0 Å². The lowest BCUT2D eigenvalue weighted by Gasteiger charge is -2.27. The summed E-state index contributed by atoms with van der Waals surface area (Å²) in [5, 5.41) is 0. The smallest absolute Gasteiger partial charge is 0.166 e. The van der Waals surface area contributed by atoms with Crippen molar-refractivity contribution < 1.29 is 22.0 Å². The topological polar surface area (TPSA) is 0 Å². The zero-order valence-corrected chi connectivity index (χ0v) is 16.5. The van der Waals surface area contributed by atoms with E-state index in [1.54, 1.807) is 0 Å². The van der Waals surface area contributed by atoms with E-state index in [1.807, 2.05) is 6.92 Å². The van der Waals surface area contributed by atoms with Gasteiger partial charge in [0.05, 0.1) is 0 Å². The van der Waals surface area contributed by atoms with E-state index in [4.69, 9.17) is 0 Å². The minimum atomic E-state index is -1.10. The molecule has 0 nitrogen and oxygen atoms in total. The van der Waals surface area contributed by atoms with Crippen molar-refractivity contribution in [1.29, 1.82) is 0 Å². The Morgan fingerprint density at radius 1 is 0.800 bits per heavy atom. The zero-order chi connectivity index (χ0) is 21.4. The molecule has 0 aliphatic heterocycles. The zero-order valence-electron chi connectivity index (χ0n) is 16.5. The van der Waals surface area contributed by atoms with Crippen LogP contribution in [-0.4, -0.2) is 0 Å². The number of aryl methyl sites for hydroxylation is 2. The largest absolute Gasteiger partial charge is 0.207 e. The lowest BCUT2D eigenvalue weighted by Crippen LogP contribution is -2.16. The van der Waals surface area contributed by atoms with Gasteiger partial charge in [-0.25, -0.2) is 22.0 Å². The van der Waals surface area contributed by atoms with Gasteiger partial charge in [0.15, 0.2) is 11.6 Å². The Labute approximate surface area is 172 Å². The summed E-state index contributed by atoms with van der Waals surface area (Å²) in [6.07, 6.45) is 2.65. The maximum Gasteiger partial charge on any atom is 0.166 e. The predicted molar refractivity (Wildman–Crippen MR) is 107 cm³/mol. The Morgan fingerprint density at radius 3 is 2.23 bits per heavy atom. The lowest BCUT2D eigenvalue weighted by atomic mass is 9.78. The molecule has 30 heavy (non-hydrogen) atoms. The molecule has 0 aromatic heterocycles. The van der Waals surface area contributed by atoms with Gasteiger partial charge < -0.3 is 0 Å². The first-order chi connectivity index (χ1) is 14.4. The van der Waals surface area contributed by atoms with Gasteiger partial charge >= 0.3 is 0 Å². The molecule has 156 valence electrons. The van der Waals surface area contributed by atoms with Crippen molar-refractivity contribution >= 4 is 0 Å². The molecular weight excluding hydrogens is 395 g/mol. The number of halogens is 5. The summed E-state index contributed by atoms with van der Waals surface area (Å²) < 4.78 is 71.8. The summed E-state index contributed by atoms with van der Waals surface area (Å²) in [5.74, 6) is -4.34. The second kappa shape index (κ2) is 8.21.